The highest BCUT2D eigenvalue weighted by Gasteiger charge is 2.05. The molecule has 0 radical (unpaired) electrons. The van der Waals surface area contributed by atoms with E-state index in [1.54, 1.807) is 42.6 Å². The average Bonchev–Trinajstić information content (AvgIpc) is 2.55. The van der Waals surface area contributed by atoms with Gasteiger partial charge in [-0.1, -0.05) is 48.5 Å². The Morgan fingerprint density at radius 3 is 2.62 bits per heavy atom. The number of carbonyl (C=O) groups excluding carboxylic acids is 1. The van der Waals surface area contributed by atoms with Crippen molar-refractivity contribution in [2.45, 2.75) is 0 Å². The van der Waals surface area contributed by atoms with Crippen LogP contribution in [0.3, 0.4) is 0 Å². The maximum Gasteiger partial charge on any atom is 0.185 e. The number of carbonyl (C=O) groups is 1. The number of pyridine rings is 1. The summed E-state index contributed by atoms with van der Waals surface area (Å²) in [5, 5.41) is 10.6. The first-order chi connectivity index (χ1) is 10.3. The van der Waals surface area contributed by atoms with E-state index in [-0.39, 0.29) is 11.5 Å². The molecule has 0 amide bonds. The summed E-state index contributed by atoms with van der Waals surface area (Å²) in [6, 6.07) is 16.1. The van der Waals surface area contributed by atoms with Gasteiger partial charge in [0.05, 0.1) is 0 Å². The smallest absolute Gasteiger partial charge is 0.185 e. The summed E-state index contributed by atoms with van der Waals surface area (Å²) in [7, 11) is 0. The molecule has 1 aromatic heterocycles. The van der Waals surface area contributed by atoms with E-state index in [9.17, 15) is 9.90 Å². The fourth-order valence-electron chi connectivity index (χ4n) is 2.19. The molecular weight excluding hydrogens is 262 g/mol. The van der Waals surface area contributed by atoms with E-state index in [4.69, 9.17) is 0 Å². The van der Waals surface area contributed by atoms with Crippen molar-refractivity contribution < 1.29 is 9.90 Å². The molecule has 21 heavy (non-hydrogen) atoms. The summed E-state index contributed by atoms with van der Waals surface area (Å²) in [5.74, 6) is 0.0813. The van der Waals surface area contributed by atoms with Crippen LogP contribution in [-0.2, 0) is 0 Å². The van der Waals surface area contributed by atoms with Crippen LogP contribution in [0, 0.1) is 0 Å². The van der Waals surface area contributed by atoms with Crippen LogP contribution >= 0.6 is 0 Å². The first kappa shape index (κ1) is 13.1. The summed E-state index contributed by atoms with van der Waals surface area (Å²) in [4.78, 5) is 16.2. The largest absolute Gasteiger partial charge is 0.506 e. The molecule has 0 aliphatic carbocycles. The zero-order valence-electron chi connectivity index (χ0n) is 11.2. The topological polar surface area (TPSA) is 50.2 Å². The molecule has 0 unspecified atom stereocenters. The number of benzene rings is 2. The van der Waals surface area contributed by atoms with Crippen molar-refractivity contribution in [2.24, 2.45) is 0 Å². The van der Waals surface area contributed by atoms with Gasteiger partial charge in [-0.25, -0.2) is 0 Å². The fraction of sp³-hybridized carbons (Fsp3) is 0. The normalized spacial score (nSPS) is 11.0. The van der Waals surface area contributed by atoms with E-state index in [2.05, 4.69) is 4.98 Å². The molecule has 0 bridgehead atoms. The van der Waals surface area contributed by atoms with Gasteiger partial charge in [-0.15, -0.1) is 0 Å². The summed E-state index contributed by atoms with van der Waals surface area (Å²) >= 11 is 0. The van der Waals surface area contributed by atoms with Gasteiger partial charge >= 0.3 is 0 Å². The lowest BCUT2D eigenvalue weighted by Crippen LogP contribution is -1.93. The Morgan fingerprint density at radius 2 is 1.81 bits per heavy atom. The van der Waals surface area contributed by atoms with Crippen molar-refractivity contribution in [3.8, 4) is 5.75 Å². The minimum Gasteiger partial charge on any atom is -0.506 e. The molecule has 0 atom stereocenters. The predicted octanol–water partition coefficient (Wildman–Crippen LogP) is 3.84. The third kappa shape index (κ3) is 2.67. The highest BCUT2D eigenvalue weighted by atomic mass is 16.3. The van der Waals surface area contributed by atoms with Crippen molar-refractivity contribution in [1.82, 2.24) is 4.98 Å². The Bertz CT molecular complexity index is 823. The Labute approximate surface area is 122 Å². The molecular formula is C18H13NO2. The van der Waals surface area contributed by atoms with E-state index < -0.39 is 0 Å². The molecule has 2 aromatic carbocycles. The van der Waals surface area contributed by atoms with Gasteiger partial charge in [0.1, 0.15) is 11.3 Å². The summed E-state index contributed by atoms with van der Waals surface area (Å²) in [5.41, 5.74) is 2.03. The van der Waals surface area contributed by atoms with Crippen molar-refractivity contribution in [3.05, 3.63) is 78.0 Å². The van der Waals surface area contributed by atoms with Crippen LogP contribution in [0.15, 0.2) is 66.9 Å². The average molecular weight is 275 g/mol. The van der Waals surface area contributed by atoms with E-state index >= 15 is 0 Å². The number of hydrogen-bond acceptors (Lipinski definition) is 3. The minimum atomic E-state index is -0.0549. The van der Waals surface area contributed by atoms with Crippen LogP contribution in [-0.4, -0.2) is 15.9 Å². The Morgan fingerprint density at radius 1 is 1.00 bits per heavy atom. The van der Waals surface area contributed by atoms with Gasteiger partial charge in [0, 0.05) is 17.1 Å². The van der Waals surface area contributed by atoms with Gasteiger partial charge in [-0.3, -0.25) is 9.78 Å². The lowest BCUT2D eigenvalue weighted by Gasteiger charge is -2.03. The van der Waals surface area contributed by atoms with Crippen LogP contribution in [0.1, 0.15) is 15.9 Å². The molecule has 0 fully saturated rings. The van der Waals surface area contributed by atoms with E-state index in [1.807, 2.05) is 24.3 Å². The standard InChI is InChI=1S/C18H13NO2/c20-16(14-5-2-1-3-6-14)10-8-13-9-11-17(21)18-15(13)7-4-12-19-18/h1-12,21H. The molecule has 0 spiro atoms. The van der Waals surface area contributed by atoms with E-state index in [0.717, 1.165) is 10.9 Å². The van der Waals surface area contributed by atoms with Crippen LogP contribution < -0.4 is 0 Å². The van der Waals surface area contributed by atoms with Gasteiger partial charge in [-0.05, 0) is 23.8 Å². The molecule has 0 aliphatic heterocycles. The zero-order chi connectivity index (χ0) is 14.7. The first-order valence-corrected chi connectivity index (χ1v) is 6.60. The number of nitrogens with zero attached hydrogens (tertiary/aromatic N) is 1. The van der Waals surface area contributed by atoms with Crippen molar-refractivity contribution >= 4 is 22.8 Å². The third-order valence-corrected chi connectivity index (χ3v) is 3.25. The van der Waals surface area contributed by atoms with Gasteiger partial charge in [0.2, 0.25) is 0 Å². The maximum atomic E-state index is 12.1. The molecule has 0 aliphatic rings. The SMILES string of the molecule is O=C(C=Cc1ccc(O)c2ncccc12)c1ccccc1. The van der Waals surface area contributed by atoms with Crippen molar-refractivity contribution in [3.63, 3.8) is 0 Å². The summed E-state index contributed by atoms with van der Waals surface area (Å²) in [6.45, 7) is 0. The number of fused-ring (bicyclic) bond motifs is 1. The van der Waals surface area contributed by atoms with Crippen molar-refractivity contribution in [1.29, 1.82) is 0 Å². The fourth-order valence-corrected chi connectivity index (χ4v) is 2.19. The van der Waals surface area contributed by atoms with E-state index in [1.165, 1.54) is 6.08 Å². The van der Waals surface area contributed by atoms with E-state index in [0.29, 0.717) is 11.1 Å². The first-order valence-electron chi connectivity index (χ1n) is 6.60. The molecule has 0 saturated heterocycles. The van der Waals surface area contributed by atoms with Crippen LogP contribution in [0.4, 0.5) is 0 Å². The number of aromatic nitrogens is 1. The molecule has 3 nitrogen and oxygen atoms in total. The lowest BCUT2D eigenvalue weighted by molar-refractivity contribution is 0.104. The molecule has 1 N–H and O–H groups in total. The molecule has 3 heteroatoms. The molecule has 102 valence electrons. The predicted molar refractivity (Wildman–Crippen MR) is 83.2 cm³/mol. The Kier molecular flexibility index (Phi) is 3.48. The number of ketones is 1. The summed E-state index contributed by atoms with van der Waals surface area (Å²) < 4.78 is 0. The number of aromatic hydroxyl groups is 1. The second-order valence-electron chi connectivity index (χ2n) is 4.64. The van der Waals surface area contributed by atoms with Crippen LogP contribution in [0.2, 0.25) is 0 Å². The van der Waals surface area contributed by atoms with Crippen LogP contribution in [0.25, 0.3) is 17.0 Å². The quantitative estimate of drug-likeness (QED) is 0.583. The molecule has 1 heterocycles. The Balaban J connectivity index is 1.97. The number of rotatable bonds is 3. The molecule has 3 rings (SSSR count). The van der Waals surface area contributed by atoms with Gasteiger partial charge < -0.3 is 5.11 Å². The van der Waals surface area contributed by atoms with Gasteiger partial charge in [-0.2, -0.15) is 0 Å². The number of phenols is 1. The molecule has 0 saturated carbocycles. The monoisotopic (exact) mass is 275 g/mol. The molecule has 3 aromatic rings. The maximum absolute atomic E-state index is 12.1. The minimum absolute atomic E-state index is 0.0549. The van der Waals surface area contributed by atoms with Crippen LogP contribution in [0.5, 0.6) is 5.75 Å². The third-order valence-electron chi connectivity index (χ3n) is 3.25. The number of hydrogen-bond donors (Lipinski definition) is 1. The highest BCUT2D eigenvalue weighted by molar-refractivity contribution is 6.07. The number of phenolic OH excluding ortho intramolecular Hbond substituents is 1. The highest BCUT2D eigenvalue weighted by Crippen LogP contribution is 2.26. The summed E-state index contributed by atoms with van der Waals surface area (Å²) in [6.07, 6.45) is 4.91. The lowest BCUT2D eigenvalue weighted by atomic mass is 10.1. The van der Waals surface area contributed by atoms with Gasteiger partial charge in [0.15, 0.2) is 5.78 Å². The van der Waals surface area contributed by atoms with Gasteiger partial charge in [0.25, 0.3) is 0 Å². The number of allylic oxidation sites excluding steroid dienone is 1. The zero-order valence-corrected chi connectivity index (χ0v) is 11.2. The second kappa shape index (κ2) is 5.59. The Hall–Kier alpha value is -2.94. The van der Waals surface area contributed by atoms with Crippen molar-refractivity contribution in [2.75, 3.05) is 0 Å². The second-order valence-corrected chi connectivity index (χ2v) is 4.64.